The number of likely N-dealkylation sites (N-methyl/N-ethyl adjacent to an activating group) is 1. The first kappa shape index (κ1) is 12.0. The highest BCUT2D eigenvalue weighted by molar-refractivity contribution is 5.80. The normalized spacial score (nSPS) is 24.8. The Kier molecular flexibility index (Phi) is 3.11. The van der Waals surface area contributed by atoms with Gasteiger partial charge in [-0.2, -0.15) is 0 Å². The van der Waals surface area contributed by atoms with Crippen molar-refractivity contribution < 1.29 is 13.6 Å². The summed E-state index contributed by atoms with van der Waals surface area (Å²) in [5, 5.41) is 0. The largest absolute Gasteiger partial charge is 0.337 e. The Morgan fingerprint density at radius 2 is 1.94 bits per heavy atom. The number of halogens is 2. The van der Waals surface area contributed by atoms with E-state index < -0.39 is 6.43 Å². The summed E-state index contributed by atoms with van der Waals surface area (Å²) in [6.07, 6.45) is -2.17. The molecule has 2 atom stereocenters. The molecule has 2 rings (SSSR count). The zero-order valence-electron chi connectivity index (χ0n) is 9.44. The van der Waals surface area contributed by atoms with Gasteiger partial charge < -0.3 is 10.6 Å². The topological polar surface area (TPSA) is 46.3 Å². The molecule has 1 heterocycles. The highest BCUT2D eigenvalue weighted by atomic mass is 19.3. The number of nitrogens with two attached hydrogens (primary N) is 1. The maximum absolute atomic E-state index is 12.4. The SMILES string of the molecule is CN1C(=O)CC(N)C1c1ccc(C(F)F)cc1. The van der Waals surface area contributed by atoms with Crippen molar-refractivity contribution in [2.75, 3.05) is 7.05 Å². The maximum Gasteiger partial charge on any atom is 0.263 e. The molecule has 1 aromatic carbocycles. The molecule has 0 aliphatic carbocycles. The molecule has 1 fully saturated rings. The number of likely N-dealkylation sites (tertiary alicyclic amines) is 1. The molecule has 2 unspecified atom stereocenters. The van der Waals surface area contributed by atoms with E-state index in [2.05, 4.69) is 0 Å². The van der Waals surface area contributed by atoms with Crippen molar-refractivity contribution in [3.05, 3.63) is 35.4 Å². The van der Waals surface area contributed by atoms with Crippen LogP contribution in [0, 0.1) is 0 Å². The smallest absolute Gasteiger partial charge is 0.263 e. The van der Waals surface area contributed by atoms with Gasteiger partial charge in [0, 0.05) is 25.1 Å². The number of carbonyl (C=O) groups is 1. The standard InChI is InChI=1S/C12H14F2N2O/c1-16-10(17)6-9(15)11(16)7-2-4-8(5-3-7)12(13)14/h2-5,9,11-12H,6,15H2,1H3. The van der Waals surface area contributed by atoms with Crippen LogP contribution in [0.15, 0.2) is 24.3 Å². The second-order valence-corrected chi connectivity index (χ2v) is 4.28. The number of amides is 1. The Balaban J connectivity index is 2.25. The summed E-state index contributed by atoms with van der Waals surface area (Å²) in [6, 6.07) is 5.49. The fourth-order valence-corrected chi connectivity index (χ4v) is 2.21. The monoisotopic (exact) mass is 240 g/mol. The third-order valence-corrected chi connectivity index (χ3v) is 3.16. The van der Waals surface area contributed by atoms with Crippen LogP contribution in [0.25, 0.3) is 0 Å². The molecule has 1 amide bonds. The Morgan fingerprint density at radius 1 is 1.35 bits per heavy atom. The molecule has 0 spiro atoms. The molecule has 1 saturated heterocycles. The molecule has 92 valence electrons. The van der Waals surface area contributed by atoms with E-state index in [1.165, 1.54) is 12.1 Å². The number of hydrogen-bond acceptors (Lipinski definition) is 2. The average molecular weight is 240 g/mol. The van der Waals surface area contributed by atoms with Gasteiger partial charge in [-0.05, 0) is 5.56 Å². The average Bonchev–Trinajstić information content (AvgIpc) is 2.53. The molecule has 3 nitrogen and oxygen atoms in total. The third kappa shape index (κ3) is 2.15. The zero-order valence-corrected chi connectivity index (χ0v) is 9.44. The van der Waals surface area contributed by atoms with E-state index in [1.54, 1.807) is 24.1 Å². The van der Waals surface area contributed by atoms with E-state index >= 15 is 0 Å². The summed E-state index contributed by atoms with van der Waals surface area (Å²) in [5.41, 5.74) is 6.66. The summed E-state index contributed by atoms with van der Waals surface area (Å²) in [4.78, 5) is 13.0. The lowest BCUT2D eigenvalue weighted by atomic mass is 10.00. The number of benzene rings is 1. The van der Waals surface area contributed by atoms with Crippen LogP contribution in [0.4, 0.5) is 8.78 Å². The predicted octanol–water partition coefficient (Wildman–Crippen LogP) is 1.85. The second kappa shape index (κ2) is 4.41. The number of alkyl halides is 2. The number of nitrogens with zero attached hydrogens (tertiary/aromatic N) is 1. The lowest BCUT2D eigenvalue weighted by molar-refractivity contribution is -0.127. The molecule has 17 heavy (non-hydrogen) atoms. The van der Waals surface area contributed by atoms with Crippen LogP contribution in [0.2, 0.25) is 0 Å². The van der Waals surface area contributed by atoms with Gasteiger partial charge >= 0.3 is 0 Å². The number of hydrogen-bond donors (Lipinski definition) is 1. The summed E-state index contributed by atoms with van der Waals surface area (Å²) < 4.78 is 24.8. The van der Waals surface area contributed by atoms with Gasteiger partial charge in [0.15, 0.2) is 0 Å². The van der Waals surface area contributed by atoms with E-state index in [4.69, 9.17) is 5.73 Å². The molecule has 5 heteroatoms. The van der Waals surface area contributed by atoms with Crippen LogP contribution in [-0.4, -0.2) is 23.9 Å². The van der Waals surface area contributed by atoms with Crippen molar-refractivity contribution in [2.24, 2.45) is 5.73 Å². The Labute approximate surface area is 98.2 Å². The molecular formula is C12H14F2N2O. The molecule has 1 aliphatic heterocycles. The fraction of sp³-hybridized carbons (Fsp3) is 0.417. The van der Waals surface area contributed by atoms with Crippen LogP contribution in [0.3, 0.4) is 0 Å². The van der Waals surface area contributed by atoms with Crippen molar-refractivity contribution in [3.8, 4) is 0 Å². The molecule has 2 N–H and O–H groups in total. The van der Waals surface area contributed by atoms with Crippen LogP contribution < -0.4 is 5.73 Å². The Hall–Kier alpha value is -1.49. The van der Waals surface area contributed by atoms with Crippen LogP contribution >= 0.6 is 0 Å². The molecule has 1 aliphatic rings. The van der Waals surface area contributed by atoms with Gasteiger partial charge in [0.25, 0.3) is 6.43 Å². The first-order chi connectivity index (χ1) is 8.00. The molecule has 0 aromatic heterocycles. The van der Waals surface area contributed by atoms with Gasteiger partial charge in [0.1, 0.15) is 0 Å². The van der Waals surface area contributed by atoms with Gasteiger partial charge in [-0.3, -0.25) is 4.79 Å². The van der Waals surface area contributed by atoms with E-state index in [1.807, 2.05) is 0 Å². The minimum atomic E-state index is -2.47. The summed E-state index contributed by atoms with van der Waals surface area (Å²) in [6.45, 7) is 0. The number of carbonyl (C=O) groups excluding carboxylic acids is 1. The highest BCUT2D eigenvalue weighted by Gasteiger charge is 2.35. The lowest BCUT2D eigenvalue weighted by Gasteiger charge is -2.23. The van der Waals surface area contributed by atoms with Gasteiger partial charge in [-0.15, -0.1) is 0 Å². The molecule has 1 aromatic rings. The van der Waals surface area contributed by atoms with Crippen molar-refractivity contribution in [3.63, 3.8) is 0 Å². The Morgan fingerprint density at radius 3 is 2.35 bits per heavy atom. The third-order valence-electron chi connectivity index (χ3n) is 3.16. The van der Waals surface area contributed by atoms with E-state index in [-0.39, 0.29) is 23.6 Å². The Bertz CT molecular complexity index is 419. The first-order valence-electron chi connectivity index (χ1n) is 5.40. The minimum absolute atomic E-state index is 0.0135. The summed E-state index contributed by atoms with van der Waals surface area (Å²) in [7, 11) is 1.68. The van der Waals surface area contributed by atoms with Crippen molar-refractivity contribution in [2.45, 2.75) is 24.9 Å². The zero-order chi connectivity index (χ0) is 12.6. The lowest BCUT2D eigenvalue weighted by Crippen LogP contribution is -2.30. The molecular weight excluding hydrogens is 226 g/mol. The summed E-state index contributed by atoms with van der Waals surface area (Å²) >= 11 is 0. The van der Waals surface area contributed by atoms with E-state index in [0.29, 0.717) is 6.42 Å². The molecule has 0 saturated carbocycles. The van der Waals surface area contributed by atoms with Crippen LogP contribution in [-0.2, 0) is 4.79 Å². The highest BCUT2D eigenvalue weighted by Crippen LogP contribution is 2.31. The van der Waals surface area contributed by atoms with Crippen molar-refractivity contribution in [1.82, 2.24) is 4.90 Å². The second-order valence-electron chi connectivity index (χ2n) is 4.28. The fourth-order valence-electron chi connectivity index (χ4n) is 2.21. The van der Waals surface area contributed by atoms with Gasteiger partial charge in [0.05, 0.1) is 6.04 Å². The van der Waals surface area contributed by atoms with Crippen LogP contribution in [0.5, 0.6) is 0 Å². The van der Waals surface area contributed by atoms with Gasteiger partial charge in [-0.1, -0.05) is 24.3 Å². The maximum atomic E-state index is 12.4. The number of rotatable bonds is 2. The van der Waals surface area contributed by atoms with E-state index in [0.717, 1.165) is 5.56 Å². The van der Waals surface area contributed by atoms with Gasteiger partial charge in [-0.25, -0.2) is 8.78 Å². The first-order valence-corrected chi connectivity index (χ1v) is 5.40. The van der Waals surface area contributed by atoms with Crippen LogP contribution in [0.1, 0.15) is 30.0 Å². The van der Waals surface area contributed by atoms with Crippen molar-refractivity contribution in [1.29, 1.82) is 0 Å². The molecule has 0 bridgehead atoms. The molecule has 0 radical (unpaired) electrons. The predicted molar refractivity (Wildman–Crippen MR) is 59.5 cm³/mol. The minimum Gasteiger partial charge on any atom is -0.337 e. The summed E-state index contributed by atoms with van der Waals surface area (Å²) in [5.74, 6) is -0.0135. The van der Waals surface area contributed by atoms with Crippen molar-refractivity contribution >= 4 is 5.91 Å². The quantitative estimate of drug-likeness (QED) is 0.857. The van der Waals surface area contributed by atoms with E-state index in [9.17, 15) is 13.6 Å². The van der Waals surface area contributed by atoms with Gasteiger partial charge in [0.2, 0.25) is 5.91 Å².